The van der Waals surface area contributed by atoms with Gasteiger partial charge in [0.25, 0.3) is 11.8 Å². The van der Waals surface area contributed by atoms with Crippen molar-refractivity contribution in [3.8, 4) is 5.75 Å². The molecule has 1 saturated carbocycles. The monoisotopic (exact) mass is 574 g/mol. The fourth-order valence-corrected chi connectivity index (χ4v) is 7.04. The van der Waals surface area contributed by atoms with Crippen LogP contribution < -0.4 is 5.32 Å². The number of carbonyl (C=O) groups is 2. The molecule has 1 aliphatic carbocycles. The average Bonchev–Trinajstić information content (AvgIpc) is 3.67. The first-order valence-electron chi connectivity index (χ1n) is 13.1. The van der Waals surface area contributed by atoms with Crippen LogP contribution in [-0.2, 0) is 19.6 Å². The highest BCUT2D eigenvalue weighted by atomic mass is 32.2. The Morgan fingerprint density at radius 2 is 2.07 bits per heavy atom. The number of hydrogen-bond acceptors (Lipinski definition) is 7. The van der Waals surface area contributed by atoms with E-state index in [9.17, 15) is 23.1 Å². The van der Waals surface area contributed by atoms with Gasteiger partial charge in [-0.3, -0.25) is 14.6 Å². The molecule has 1 aromatic carbocycles. The second-order valence-electron chi connectivity index (χ2n) is 10.1. The third kappa shape index (κ3) is 5.20. The summed E-state index contributed by atoms with van der Waals surface area (Å²) in [5, 5.41) is 13.8. The Bertz CT molecular complexity index is 1750. The van der Waals surface area contributed by atoms with Crippen LogP contribution in [0.5, 0.6) is 5.75 Å². The Kier molecular flexibility index (Phi) is 7.39. The van der Waals surface area contributed by atoms with Gasteiger partial charge in [0.15, 0.2) is 0 Å². The van der Waals surface area contributed by atoms with Gasteiger partial charge in [0.1, 0.15) is 17.4 Å². The molecule has 3 aromatic rings. The Morgan fingerprint density at radius 3 is 2.73 bits per heavy atom. The molecule has 1 fully saturated rings. The standard InChI is InChI=1S/C30H30N4O6S/c1-4-10-30(11-12-30)41(38,39)34-18-25(35)27-22(15-20(16-24(27)34)8-9-21-7-5-6-13-31-21)28(36)32-17-23-26(40-3)14-19(2)33-29(23)37/h4-9,13-16,18,23,35H,1,10-12,17H2,2-3H3,(H,32,36)/b9-8+. The first-order valence-corrected chi connectivity index (χ1v) is 14.5. The summed E-state index contributed by atoms with van der Waals surface area (Å²) in [6.07, 6.45) is 10.7. The minimum absolute atomic E-state index is 0.0501. The van der Waals surface area contributed by atoms with Gasteiger partial charge in [0, 0.05) is 18.5 Å². The van der Waals surface area contributed by atoms with E-state index in [0.29, 0.717) is 35.6 Å². The summed E-state index contributed by atoms with van der Waals surface area (Å²) in [4.78, 5) is 34.3. The van der Waals surface area contributed by atoms with E-state index in [0.717, 1.165) is 10.2 Å². The van der Waals surface area contributed by atoms with E-state index < -0.39 is 32.5 Å². The Labute approximate surface area is 237 Å². The molecule has 0 bridgehead atoms. The quantitative estimate of drug-likeness (QED) is 0.348. The van der Waals surface area contributed by atoms with Gasteiger partial charge in [-0.2, -0.15) is 0 Å². The molecule has 0 spiro atoms. The molecule has 11 heteroatoms. The van der Waals surface area contributed by atoms with Crippen molar-refractivity contribution in [1.82, 2.24) is 14.3 Å². The van der Waals surface area contributed by atoms with Crippen molar-refractivity contribution in [1.29, 1.82) is 0 Å². The van der Waals surface area contributed by atoms with Crippen LogP contribution in [0.4, 0.5) is 0 Å². The maximum Gasteiger partial charge on any atom is 0.258 e. The Balaban J connectivity index is 1.58. The Morgan fingerprint density at radius 1 is 1.29 bits per heavy atom. The summed E-state index contributed by atoms with van der Waals surface area (Å²) in [5.74, 6) is -1.85. The van der Waals surface area contributed by atoms with Gasteiger partial charge < -0.3 is 15.2 Å². The lowest BCUT2D eigenvalue weighted by atomic mass is 10.0. The minimum atomic E-state index is -3.94. The minimum Gasteiger partial charge on any atom is -0.506 e. The highest BCUT2D eigenvalue weighted by Gasteiger charge is 2.54. The van der Waals surface area contributed by atoms with E-state index in [-0.39, 0.29) is 35.2 Å². The van der Waals surface area contributed by atoms with Crippen LogP contribution in [0.25, 0.3) is 23.1 Å². The second-order valence-corrected chi connectivity index (χ2v) is 12.4. The van der Waals surface area contributed by atoms with E-state index in [1.54, 1.807) is 61.7 Å². The van der Waals surface area contributed by atoms with Gasteiger partial charge in [-0.1, -0.05) is 18.2 Å². The molecule has 2 aromatic heterocycles. The van der Waals surface area contributed by atoms with Crippen molar-refractivity contribution in [2.75, 3.05) is 13.7 Å². The maximum atomic E-state index is 13.8. The molecule has 1 unspecified atom stereocenters. The van der Waals surface area contributed by atoms with E-state index in [4.69, 9.17) is 4.74 Å². The third-order valence-corrected chi connectivity index (χ3v) is 9.85. The fourth-order valence-electron chi connectivity index (χ4n) is 5.04. The van der Waals surface area contributed by atoms with Gasteiger partial charge in [-0.25, -0.2) is 17.4 Å². The first kappa shape index (κ1) is 28.0. The SMILES string of the molecule is C=CCC1(S(=O)(=O)n2cc(O)c3c(C(=O)NCC4C(=O)N=C(C)C=C4OC)cc(/C=C/c4ccccn4)cc32)CC1. The molecule has 10 nitrogen and oxygen atoms in total. The number of nitrogens with one attached hydrogen (secondary N) is 1. The zero-order chi connectivity index (χ0) is 29.4. The smallest absolute Gasteiger partial charge is 0.258 e. The number of nitrogens with zero attached hydrogens (tertiary/aromatic N) is 3. The molecule has 2 N–H and O–H groups in total. The molecule has 1 aliphatic heterocycles. The maximum absolute atomic E-state index is 13.8. The van der Waals surface area contributed by atoms with Crippen molar-refractivity contribution in [2.24, 2.45) is 10.9 Å². The number of aromatic hydroxyl groups is 1. The van der Waals surface area contributed by atoms with Gasteiger partial charge >= 0.3 is 0 Å². The highest BCUT2D eigenvalue weighted by Crippen LogP contribution is 2.49. The van der Waals surface area contributed by atoms with Crippen LogP contribution in [0.2, 0.25) is 0 Å². The van der Waals surface area contributed by atoms with Crippen molar-refractivity contribution < 1.29 is 27.9 Å². The molecule has 2 amide bonds. The average molecular weight is 575 g/mol. The molecule has 0 radical (unpaired) electrons. The van der Waals surface area contributed by atoms with Crippen LogP contribution in [0, 0.1) is 5.92 Å². The summed E-state index contributed by atoms with van der Waals surface area (Å²) < 4.78 is 33.0. The van der Waals surface area contributed by atoms with Crippen LogP contribution in [0.3, 0.4) is 0 Å². The number of carbonyl (C=O) groups excluding carboxylic acids is 2. The lowest BCUT2D eigenvalue weighted by Gasteiger charge is -2.20. The molecular weight excluding hydrogens is 544 g/mol. The summed E-state index contributed by atoms with van der Waals surface area (Å²) in [6, 6.07) is 8.60. The number of pyridine rings is 1. The number of methoxy groups -OCH3 is 1. The number of allylic oxidation sites excluding steroid dienone is 2. The molecule has 0 saturated heterocycles. The van der Waals surface area contributed by atoms with Gasteiger partial charge in [0.05, 0.1) is 40.2 Å². The third-order valence-electron chi connectivity index (χ3n) is 7.36. The molecule has 3 heterocycles. The number of hydrogen-bond donors (Lipinski definition) is 2. The molecule has 1 atom stereocenters. The predicted octanol–water partition coefficient (Wildman–Crippen LogP) is 4.08. The van der Waals surface area contributed by atoms with Crippen molar-refractivity contribution in [3.05, 3.63) is 84.0 Å². The van der Waals surface area contributed by atoms with Crippen LogP contribution in [0.15, 0.2) is 72.2 Å². The van der Waals surface area contributed by atoms with Crippen LogP contribution in [-0.4, -0.2) is 58.4 Å². The van der Waals surface area contributed by atoms with E-state index in [1.165, 1.54) is 7.11 Å². The molecule has 2 aliphatic rings. The number of fused-ring (bicyclic) bond motifs is 1. The lowest BCUT2D eigenvalue weighted by Crippen LogP contribution is -2.35. The number of amides is 2. The molecule has 5 rings (SSSR count). The summed E-state index contributed by atoms with van der Waals surface area (Å²) >= 11 is 0. The van der Waals surface area contributed by atoms with Gasteiger partial charge in [-0.15, -0.1) is 6.58 Å². The summed E-state index contributed by atoms with van der Waals surface area (Å²) in [6.45, 7) is 5.28. The van der Waals surface area contributed by atoms with Gasteiger partial charge in [-0.05, 0) is 68.2 Å². The Hall–Kier alpha value is -4.51. The predicted molar refractivity (Wildman–Crippen MR) is 157 cm³/mol. The van der Waals surface area contributed by atoms with Crippen LogP contribution in [0.1, 0.15) is 47.8 Å². The van der Waals surface area contributed by atoms with E-state index in [1.807, 2.05) is 6.07 Å². The highest BCUT2D eigenvalue weighted by molar-refractivity contribution is 7.91. The van der Waals surface area contributed by atoms with E-state index in [2.05, 4.69) is 21.9 Å². The zero-order valence-corrected chi connectivity index (χ0v) is 23.5. The molecule has 212 valence electrons. The molecular formula is C30H30N4O6S. The normalized spacial score (nSPS) is 18.2. The number of benzene rings is 1. The zero-order valence-electron chi connectivity index (χ0n) is 22.7. The molecule has 41 heavy (non-hydrogen) atoms. The van der Waals surface area contributed by atoms with Crippen molar-refractivity contribution >= 4 is 50.6 Å². The summed E-state index contributed by atoms with van der Waals surface area (Å²) in [5.41, 5.74) is 1.90. The lowest BCUT2D eigenvalue weighted by molar-refractivity contribution is -0.121. The number of rotatable bonds is 10. The number of aromatic nitrogens is 2. The van der Waals surface area contributed by atoms with Crippen LogP contribution >= 0.6 is 0 Å². The summed E-state index contributed by atoms with van der Waals surface area (Å²) in [7, 11) is -2.50. The number of dihydropyridines is 1. The van der Waals surface area contributed by atoms with Crippen molar-refractivity contribution in [3.63, 3.8) is 0 Å². The van der Waals surface area contributed by atoms with E-state index >= 15 is 0 Å². The fraction of sp³-hybridized carbons (Fsp3) is 0.267. The number of ether oxygens (including phenoxy) is 1. The first-order chi connectivity index (χ1) is 19.6. The van der Waals surface area contributed by atoms with Gasteiger partial charge in [0.2, 0.25) is 10.0 Å². The topological polar surface area (TPSA) is 140 Å². The van der Waals surface area contributed by atoms with Crippen molar-refractivity contribution in [2.45, 2.75) is 30.9 Å². The number of aliphatic imine (C=N–C) groups is 1. The second kappa shape index (κ2) is 10.8. The largest absolute Gasteiger partial charge is 0.506 e.